The molecule has 2 rings (SSSR count). The fourth-order valence-electron chi connectivity index (χ4n) is 2.13. The molecule has 136 valence electrons. The van der Waals surface area contributed by atoms with Gasteiger partial charge in [-0.3, -0.25) is 4.79 Å². The van der Waals surface area contributed by atoms with Gasteiger partial charge < -0.3 is 15.8 Å². The van der Waals surface area contributed by atoms with E-state index in [0.29, 0.717) is 13.0 Å². The highest BCUT2D eigenvalue weighted by molar-refractivity contribution is 7.92. The highest BCUT2D eigenvalue weighted by atomic mass is 35.5. The number of amides is 1. The summed E-state index contributed by atoms with van der Waals surface area (Å²) in [6, 6.07) is 3.56. The maximum atomic E-state index is 12.5. The van der Waals surface area contributed by atoms with Crippen LogP contribution in [0, 0.1) is 5.92 Å². The lowest BCUT2D eigenvalue weighted by Crippen LogP contribution is -2.45. The number of carbonyl (C=O) groups is 1. The van der Waals surface area contributed by atoms with Crippen molar-refractivity contribution in [3.05, 3.63) is 24.3 Å². The molecule has 0 saturated carbocycles. The van der Waals surface area contributed by atoms with Gasteiger partial charge in [-0.2, -0.15) is 13.2 Å². The SMILES string of the molecule is Cl.NC1CCOCC1C(=O)Nc1cccc(S(=O)(=O)C(F)(F)F)c1. The third-order valence-electron chi connectivity index (χ3n) is 3.46. The lowest BCUT2D eigenvalue weighted by molar-refractivity contribution is -0.124. The molecule has 2 unspecified atom stereocenters. The maximum absolute atomic E-state index is 12.5. The van der Waals surface area contributed by atoms with Gasteiger partial charge >= 0.3 is 5.51 Å². The summed E-state index contributed by atoms with van der Waals surface area (Å²) < 4.78 is 65.5. The Labute approximate surface area is 142 Å². The molecule has 0 bridgehead atoms. The summed E-state index contributed by atoms with van der Waals surface area (Å²) in [6.07, 6.45) is 0.487. The zero-order valence-electron chi connectivity index (χ0n) is 12.2. The first-order chi connectivity index (χ1) is 10.6. The quantitative estimate of drug-likeness (QED) is 0.821. The van der Waals surface area contributed by atoms with Gasteiger partial charge in [0.2, 0.25) is 5.91 Å². The minimum atomic E-state index is -5.47. The van der Waals surface area contributed by atoms with Crippen molar-refractivity contribution in [2.75, 3.05) is 18.5 Å². The number of nitrogens with two attached hydrogens (primary N) is 1. The third-order valence-corrected chi connectivity index (χ3v) is 4.95. The number of nitrogens with one attached hydrogen (secondary N) is 1. The number of ether oxygens (including phenoxy) is 1. The van der Waals surface area contributed by atoms with Crippen molar-refractivity contribution in [2.24, 2.45) is 11.7 Å². The number of benzene rings is 1. The third kappa shape index (κ3) is 4.38. The molecule has 11 heteroatoms. The largest absolute Gasteiger partial charge is 0.501 e. The van der Waals surface area contributed by atoms with Crippen molar-refractivity contribution in [1.82, 2.24) is 0 Å². The van der Waals surface area contributed by atoms with E-state index < -0.39 is 38.1 Å². The molecule has 0 aromatic heterocycles. The Balaban J connectivity index is 0.00000288. The zero-order chi connectivity index (χ0) is 17.3. The normalized spacial score (nSPS) is 21.7. The van der Waals surface area contributed by atoms with E-state index in [2.05, 4.69) is 5.32 Å². The Hall–Kier alpha value is -1.36. The first-order valence-corrected chi connectivity index (χ1v) is 8.17. The molecule has 0 aliphatic carbocycles. The highest BCUT2D eigenvalue weighted by Crippen LogP contribution is 2.31. The van der Waals surface area contributed by atoms with Gasteiger partial charge in [0.25, 0.3) is 9.84 Å². The Bertz CT molecular complexity index is 697. The summed E-state index contributed by atoms with van der Waals surface area (Å²) >= 11 is 0. The Morgan fingerprint density at radius 2 is 2.00 bits per heavy atom. The first-order valence-electron chi connectivity index (χ1n) is 6.68. The monoisotopic (exact) mass is 388 g/mol. The molecule has 24 heavy (non-hydrogen) atoms. The second-order valence-corrected chi connectivity index (χ2v) is 7.04. The molecular formula is C13H16ClF3N2O4S. The minimum Gasteiger partial charge on any atom is -0.381 e. The minimum absolute atomic E-state index is 0. The van der Waals surface area contributed by atoms with E-state index in [9.17, 15) is 26.4 Å². The van der Waals surface area contributed by atoms with E-state index in [0.717, 1.165) is 18.2 Å². The van der Waals surface area contributed by atoms with Crippen LogP contribution in [-0.4, -0.2) is 39.1 Å². The fraction of sp³-hybridized carbons (Fsp3) is 0.462. The van der Waals surface area contributed by atoms with Crippen LogP contribution in [0.1, 0.15) is 6.42 Å². The van der Waals surface area contributed by atoms with Crippen molar-refractivity contribution in [2.45, 2.75) is 22.9 Å². The number of carbonyl (C=O) groups excluding carboxylic acids is 1. The van der Waals surface area contributed by atoms with Crippen LogP contribution in [0.25, 0.3) is 0 Å². The summed E-state index contributed by atoms with van der Waals surface area (Å²) in [6.45, 7) is 0.539. The number of anilines is 1. The standard InChI is InChI=1S/C13H15F3N2O4S.ClH/c14-13(15,16)23(20,21)9-3-1-2-8(6-9)18-12(19)10-7-22-5-4-11(10)17;/h1-3,6,10-11H,4-5,7,17H2,(H,18,19);1H. The van der Waals surface area contributed by atoms with Crippen molar-refractivity contribution >= 4 is 33.8 Å². The number of alkyl halides is 3. The predicted octanol–water partition coefficient (Wildman–Crippen LogP) is 1.70. The predicted molar refractivity (Wildman–Crippen MR) is 82.5 cm³/mol. The van der Waals surface area contributed by atoms with Gasteiger partial charge in [0, 0.05) is 18.3 Å². The van der Waals surface area contributed by atoms with Crippen LogP contribution in [-0.2, 0) is 19.4 Å². The summed E-state index contributed by atoms with van der Waals surface area (Å²) in [5.74, 6) is -1.18. The number of sulfone groups is 1. The average Bonchev–Trinajstić information content (AvgIpc) is 2.46. The fourth-order valence-corrected chi connectivity index (χ4v) is 2.94. The van der Waals surface area contributed by atoms with E-state index in [4.69, 9.17) is 10.5 Å². The second-order valence-electron chi connectivity index (χ2n) is 5.10. The Kier molecular flexibility index (Phi) is 6.62. The number of halogens is 4. The molecule has 1 aromatic rings. The smallest absolute Gasteiger partial charge is 0.381 e. The molecule has 1 aliphatic rings. The number of hydrogen-bond acceptors (Lipinski definition) is 5. The van der Waals surface area contributed by atoms with Crippen molar-refractivity contribution in [3.63, 3.8) is 0 Å². The number of hydrogen-bond donors (Lipinski definition) is 2. The van der Waals surface area contributed by atoms with Crippen LogP contribution in [0.2, 0.25) is 0 Å². The molecule has 3 N–H and O–H groups in total. The van der Waals surface area contributed by atoms with E-state index in [-0.39, 0.29) is 24.7 Å². The summed E-state index contributed by atoms with van der Waals surface area (Å²) in [4.78, 5) is 11.2. The van der Waals surface area contributed by atoms with Crippen molar-refractivity contribution in [3.8, 4) is 0 Å². The van der Waals surface area contributed by atoms with Crippen LogP contribution in [0.5, 0.6) is 0 Å². The molecule has 0 radical (unpaired) electrons. The molecule has 1 fully saturated rings. The topological polar surface area (TPSA) is 98.5 Å². The molecule has 1 saturated heterocycles. The van der Waals surface area contributed by atoms with Gasteiger partial charge in [-0.1, -0.05) is 6.07 Å². The van der Waals surface area contributed by atoms with E-state index in [1.807, 2.05) is 0 Å². The molecule has 1 amide bonds. The average molecular weight is 389 g/mol. The van der Waals surface area contributed by atoms with E-state index in [1.165, 1.54) is 6.07 Å². The first kappa shape index (κ1) is 20.7. The van der Waals surface area contributed by atoms with Gasteiger partial charge in [-0.05, 0) is 24.6 Å². The maximum Gasteiger partial charge on any atom is 0.501 e. The van der Waals surface area contributed by atoms with Gasteiger partial charge in [-0.25, -0.2) is 8.42 Å². The van der Waals surface area contributed by atoms with Crippen LogP contribution in [0.4, 0.5) is 18.9 Å². The molecule has 6 nitrogen and oxygen atoms in total. The van der Waals surface area contributed by atoms with E-state index >= 15 is 0 Å². The molecule has 1 aliphatic heterocycles. The Morgan fingerprint density at radius 3 is 2.58 bits per heavy atom. The summed E-state index contributed by atoms with van der Waals surface area (Å²) in [5, 5.41) is 2.38. The highest BCUT2D eigenvalue weighted by Gasteiger charge is 2.46. The van der Waals surface area contributed by atoms with E-state index in [1.54, 1.807) is 0 Å². The second kappa shape index (κ2) is 7.68. The van der Waals surface area contributed by atoms with Gasteiger partial charge in [0.05, 0.1) is 17.4 Å². The van der Waals surface area contributed by atoms with Crippen molar-refractivity contribution < 1.29 is 31.1 Å². The van der Waals surface area contributed by atoms with Crippen LogP contribution in [0.15, 0.2) is 29.2 Å². The van der Waals surface area contributed by atoms with Crippen LogP contribution < -0.4 is 11.1 Å². The summed E-state index contributed by atoms with van der Waals surface area (Å²) in [5.41, 5.74) is 0.339. The molecular weight excluding hydrogens is 373 g/mol. The number of rotatable bonds is 3. The van der Waals surface area contributed by atoms with Gasteiger partial charge in [0.15, 0.2) is 0 Å². The lowest BCUT2D eigenvalue weighted by Gasteiger charge is -2.27. The zero-order valence-corrected chi connectivity index (χ0v) is 13.9. The molecule has 1 heterocycles. The molecule has 2 atom stereocenters. The van der Waals surface area contributed by atoms with Gasteiger partial charge in [0.1, 0.15) is 0 Å². The Morgan fingerprint density at radius 1 is 1.33 bits per heavy atom. The van der Waals surface area contributed by atoms with Crippen LogP contribution in [0.3, 0.4) is 0 Å². The lowest BCUT2D eigenvalue weighted by atomic mass is 9.96. The van der Waals surface area contributed by atoms with Crippen LogP contribution >= 0.6 is 12.4 Å². The molecule has 0 spiro atoms. The van der Waals surface area contributed by atoms with Crippen molar-refractivity contribution in [1.29, 1.82) is 0 Å². The van der Waals surface area contributed by atoms with Gasteiger partial charge in [-0.15, -0.1) is 12.4 Å². The molecule has 1 aromatic carbocycles. The summed E-state index contributed by atoms with van der Waals surface area (Å²) in [7, 11) is -5.47.